The Kier molecular flexibility index (Phi) is 9.63. The Balaban J connectivity index is 0.00000196. The molecule has 1 aliphatic carbocycles. The highest BCUT2D eigenvalue weighted by atomic mass is 35.5. The number of hydrogen-bond donors (Lipinski definition) is 2. The predicted octanol–water partition coefficient (Wildman–Crippen LogP) is 2.41. The molecule has 1 saturated carbocycles. The lowest BCUT2D eigenvalue weighted by Crippen LogP contribution is -2.60. The zero-order valence-corrected chi connectivity index (χ0v) is 17.5. The first-order chi connectivity index (χ1) is 12.5. The molecule has 3 N–H and O–H groups in total. The van der Waals surface area contributed by atoms with Crippen LogP contribution in [-0.4, -0.2) is 59.9 Å². The van der Waals surface area contributed by atoms with E-state index in [-0.39, 0.29) is 49.0 Å². The van der Waals surface area contributed by atoms with Crippen LogP contribution in [-0.2, 0) is 9.59 Å². The molecule has 1 aliphatic heterocycles. The molecule has 1 aromatic carbocycles. The summed E-state index contributed by atoms with van der Waals surface area (Å²) >= 11 is 0. The summed E-state index contributed by atoms with van der Waals surface area (Å²) in [4.78, 5) is 28.7. The van der Waals surface area contributed by atoms with Crippen molar-refractivity contribution in [2.24, 2.45) is 5.73 Å². The van der Waals surface area contributed by atoms with Gasteiger partial charge in [-0.3, -0.25) is 14.5 Å². The largest absolute Gasteiger partial charge is 0.339 e. The first-order valence-corrected chi connectivity index (χ1v) is 9.32. The second-order valence-corrected chi connectivity index (χ2v) is 7.34. The molecule has 0 aromatic heterocycles. The molecule has 28 heavy (non-hydrogen) atoms. The van der Waals surface area contributed by atoms with Crippen molar-refractivity contribution in [2.75, 3.05) is 38.0 Å². The third-order valence-electron chi connectivity index (χ3n) is 5.33. The third kappa shape index (κ3) is 6.30. The molecule has 3 rings (SSSR count). The molecular formula is C19H29Cl2FN4O2. The van der Waals surface area contributed by atoms with Crippen LogP contribution in [0, 0.1) is 5.82 Å². The lowest BCUT2D eigenvalue weighted by molar-refractivity contribution is -0.140. The lowest BCUT2D eigenvalue weighted by Gasteiger charge is -2.40. The van der Waals surface area contributed by atoms with Gasteiger partial charge in [0, 0.05) is 31.9 Å². The summed E-state index contributed by atoms with van der Waals surface area (Å²) in [5.41, 5.74) is 6.23. The van der Waals surface area contributed by atoms with Crippen LogP contribution in [0.2, 0.25) is 0 Å². The summed E-state index contributed by atoms with van der Waals surface area (Å²) < 4.78 is 12.9. The van der Waals surface area contributed by atoms with Gasteiger partial charge in [0.25, 0.3) is 0 Å². The zero-order valence-electron chi connectivity index (χ0n) is 15.9. The Morgan fingerprint density at radius 2 is 1.57 bits per heavy atom. The number of amides is 2. The van der Waals surface area contributed by atoms with Gasteiger partial charge in [-0.2, -0.15) is 0 Å². The van der Waals surface area contributed by atoms with Crippen LogP contribution in [0.3, 0.4) is 0 Å². The van der Waals surface area contributed by atoms with Gasteiger partial charge in [-0.15, -0.1) is 24.8 Å². The van der Waals surface area contributed by atoms with Crippen LogP contribution in [0.4, 0.5) is 10.1 Å². The molecule has 2 fully saturated rings. The predicted molar refractivity (Wildman–Crippen MR) is 113 cm³/mol. The number of carbonyl (C=O) groups is 2. The Morgan fingerprint density at radius 3 is 2.14 bits per heavy atom. The Morgan fingerprint density at radius 1 is 1.00 bits per heavy atom. The number of benzene rings is 1. The molecule has 1 saturated heterocycles. The number of carbonyl (C=O) groups excluding carboxylic acids is 2. The molecule has 158 valence electrons. The number of nitrogens with one attached hydrogen (secondary N) is 1. The van der Waals surface area contributed by atoms with Crippen molar-refractivity contribution in [1.82, 2.24) is 9.80 Å². The third-order valence-corrected chi connectivity index (χ3v) is 5.33. The number of piperazine rings is 1. The average Bonchev–Trinajstić information content (AvgIpc) is 2.64. The highest BCUT2D eigenvalue weighted by Crippen LogP contribution is 2.28. The van der Waals surface area contributed by atoms with Gasteiger partial charge in [-0.25, -0.2) is 4.39 Å². The molecule has 0 atom stereocenters. The van der Waals surface area contributed by atoms with Crippen molar-refractivity contribution in [2.45, 2.75) is 37.6 Å². The van der Waals surface area contributed by atoms with Crippen molar-refractivity contribution in [1.29, 1.82) is 0 Å². The molecule has 2 amide bonds. The highest BCUT2D eigenvalue weighted by Gasteiger charge is 2.39. The zero-order chi connectivity index (χ0) is 18.6. The van der Waals surface area contributed by atoms with Gasteiger partial charge in [-0.1, -0.05) is 19.3 Å². The van der Waals surface area contributed by atoms with Gasteiger partial charge in [0.15, 0.2) is 0 Å². The summed E-state index contributed by atoms with van der Waals surface area (Å²) in [6.45, 7) is 2.76. The van der Waals surface area contributed by atoms with Crippen molar-refractivity contribution in [3.05, 3.63) is 30.1 Å². The summed E-state index contributed by atoms with van der Waals surface area (Å²) in [6.07, 6.45) is 4.74. The Hall–Kier alpha value is -1.41. The van der Waals surface area contributed by atoms with Crippen LogP contribution in [0.1, 0.15) is 32.1 Å². The first kappa shape index (κ1) is 24.6. The van der Waals surface area contributed by atoms with Gasteiger partial charge >= 0.3 is 0 Å². The van der Waals surface area contributed by atoms with Crippen LogP contribution < -0.4 is 11.1 Å². The molecule has 1 heterocycles. The van der Waals surface area contributed by atoms with Crippen molar-refractivity contribution < 1.29 is 14.0 Å². The minimum absolute atomic E-state index is 0. The van der Waals surface area contributed by atoms with E-state index in [1.807, 2.05) is 9.80 Å². The molecule has 0 bridgehead atoms. The monoisotopic (exact) mass is 434 g/mol. The topological polar surface area (TPSA) is 78.7 Å². The van der Waals surface area contributed by atoms with E-state index in [0.29, 0.717) is 31.9 Å². The normalized spacial score (nSPS) is 19.1. The van der Waals surface area contributed by atoms with Crippen molar-refractivity contribution in [3.8, 4) is 0 Å². The number of hydrogen-bond acceptors (Lipinski definition) is 4. The van der Waals surface area contributed by atoms with E-state index in [2.05, 4.69) is 5.32 Å². The SMILES string of the molecule is Cl.Cl.NC1(C(=O)N2CCN(CC(=O)Nc3ccc(F)cc3)CC2)CCCCC1. The van der Waals surface area contributed by atoms with Gasteiger partial charge in [0.2, 0.25) is 11.8 Å². The van der Waals surface area contributed by atoms with Gasteiger partial charge in [-0.05, 0) is 37.1 Å². The minimum atomic E-state index is -0.694. The quantitative estimate of drug-likeness (QED) is 0.762. The van der Waals surface area contributed by atoms with E-state index in [1.165, 1.54) is 24.3 Å². The standard InChI is InChI=1S/C19H27FN4O2.2ClH/c20-15-4-6-16(7-5-15)22-17(25)14-23-10-12-24(13-11-23)18(26)19(21)8-2-1-3-9-19;;/h4-7H,1-3,8-14,21H2,(H,22,25);2*1H. The Labute approximate surface area is 177 Å². The molecule has 0 spiro atoms. The fourth-order valence-corrected chi connectivity index (χ4v) is 3.76. The fraction of sp³-hybridized carbons (Fsp3) is 0.579. The van der Waals surface area contributed by atoms with E-state index in [0.717, 1.165) is 32.1 Å². The van der Waals surface area contributed by atoms with E-state index in [1.54, 1.807) is 0 Å². The molecular weight excluding hydrogens is 406 g/mol. The summed E-state index contributed by atoms with van der Waals surface area (Å²) in [6, 6.07) is 5.70. The molecule has 6 nitrogen and oxygen atoms in total. The molecule has 1 aromatic rings. The van der Waals surface area contributed by atoms with Crippen LogP contribution in [0.25, 0.3) is 0 Å². The van der Waals surface area contributed by atoms with Gasteiger partial charge in [0.1, 0.15) is 5.82 Å². The van der Waals surface area contributed by atoms with Crippen LogP contribution in [0.15, 0.2) is 24.3 Å². The van der Waals surface area contributed by atoms with E-state index in [9.17, 15) is 14.0 Å². The van der Waals surface area contributed by atoms with E-state index < -0.39 is 5.54 Å². The second kappa shape index (κ2) is 11.0. The van der Waals surface area contributed by atoms with Crippen molar-refractivity contribution >= 4 is 42.3 Å². The maximum absolute atomic E-state index is 12.9. The average molecular weight is 435 g/mol. The minimum Gasteiger partial charge on any atom is -0.339 e. The summed E-state index contributed by atoms with van der Waals surface area (Å²) in [7, 11) is 0. The number of nitrogens with zero attached hydrogens (tertiary/aromatic N) is 2. The second-order valence-electron chi connectivity index (χ2n) is 7.34. The maximum Gasteiger partial charge on any atom is 0.242 e. The van der Waals surface area contributed by atoms with Gasteiger partial charge in [0.05, 0.1) is 12.1 Å². The smallest absolute Gasteiger partial charge is 0.242 e. The number of anilines is 1. The maximum atomic E-state index is 12.9. The molecule has 2 aliphatic rings. The lowest BCUT2D eigenvalue weighted by atomic mass is 9.81. The van der Waals surface area contributed by atoms with E-state index >= 15 is 0 Å². The Bertz CT molecular complexity index is 646. The van der Waals surface area contributed by atoms with Crippen LogP contribution >= 0.6 is 24.8 Å². The fourth-order valence-electron chi connectivity index (χ4n) is 3.76. The van der Waals surface area contributed by atoms with Gasteiger partial charge < -0.3 is 16.0 Å². The summed E-state index contributed by atoms with van der Waals surface area (Å²) in [5, 5.41) is 2.76. The number of nitrogens with two attached hydrogens (primary N) is 1. The number of rotatable bonds is 4. The van der Waals surface area contributed by atoms with Crippen LogP contribution in [0.5, 0.6) is 0 Å². The highest BCUT2D eigenvalue weighted by molar-refractivity contribution is 5.92. The molecule has 9 heteroatoms. The van der Waals surface area contributed by atoms with E-state index in [4.69, 9.17) is 5.73 Å². The summed E-state index contributed by atoms with van der Waals surface area (Å²) in [5.74, 6) is -0.411. The first-order valence-electron chi connectivity index (χ1n) is 9.32. The number of halogens is 3. The molecule has 0 unspecified atom stereocenters. The molecule has 0 radical (unpaired) electrons. The van der Waals surface area contributed by atoms with Crippen molar-refractivity contribution in [3.63, 3.8) is 0 Å².